The van der Waals surface area contributed by atoms with Gasteiger partial charge in [0, 0.05) is 34.6 Å². The van der Waals surface area contributed by atoms with E-state index in [1.54, 1.807) is 49.1 Å². The van der Waals surface area contributed by atoms with Crippen molar-refractivity contribution < 1.29 is 9.84 Å². The number of nitrogens with zero attached hydrogens (tertiary/aromatic N) is 4. The van der Waals surface area contributed by atoms with Crippen molar-refractivity contribution in [2.45, 2.75) is 60.7 Å². The van der Waals surface area contributed by atoms with Gasteiger partial charge >= 0.3 is 0 Å². The van der Waals surface area contributed by atoms with Crippen molar-refractivity contribution in [3.8, 4) is 22.8 Å². The van der Waals surface area contributed by atoms with Gasteiger partial charge in [-0.1, -0.05) is 0 Å². The first-order valence-electron chi connectivity index (χ1n) is 11.4. The van der Waals surface area contributed by atoms with Gasteiger partial charge < -0.3 is 9.84 Å². The molecule has 0 aromatic carbocycles. The summed E-state index contributed by atoms with van der Waals surface area (Å²) >= 11 is 1.68. The Hall–Kier alpha value is -3.36. The van der Waals surface area contributed by atoms with Crippen molar-refractivity contribution in [2.24, 2.45) is 0 Å². The maximum Gasteiger partial charge on any atom is 0.261 e. The highest BCUT2D eigenvalue weighted by Gasteiger charge is 2.22. The fourth-order valence-electron chi connectivity index (χ4n) is 3.86. The summed E-state index contributed by atoms with van der Waals surface area (Å²) in [6.07, 6.45) is 3.42. The zero-order chi connectivity index (χ0) is 25.5. The van der Waals surface area contributed by atoms with Crippen LogP contribution in [-0.2, 0) is 12.2 Å². The monoisotopic (exact) mass is 490 g/mol. The molecule has 0 atom stereocenters. The quantitative estimate of drug-likeness (QED) is 0.404. The number of thiophene rings is 1. The van der Waals surface area contributed by atoms with Crippen molar-refractivity contribution in [1.29, 1.82) is 0 Å². The lowest BCUT2D eigenvalue weighted by atomic mass is 10.1. The molecule has 4 heterocycles. The van der Waals surface area contributed by atoms with Crippen molar-refractivity contribution in [3.05, 3.63) is 85.0 Å². The van der Waals surface area contributed by atoms with Crippen LogP contribution in [0.1, 0.15) is 52.5 Å². The number of pyridine rings is 2. The molecule has 0 amide bonds. The number of aryl methyl sites for hydroxylation is 4. The second-order valence-electron chi connectivity index (χ2n) is 9.41. The summed E-state index contributed by atoms with van der Waals surface area (Å²) in [6.45, 7) is 13.3. The van der Waals surface area contributed by atoms with Crippen LogP contribution in [0.25, 0.3) is 17.1 Å². The van der Waals surface area contributed by atoms with Crippen LogP contribution in [0.4, 0.5) is 0 Å². The van der Waals surface area contributed by atoms with Gasteiger partial charge in [0.05, 0.1) is 22.6 Å². The minimum absolute atomic E-state index is 0.140. The highest BCUT2D eigenvalue weighted by atomic mass is 32.1. The minimum atomic E-state index is -1.18. The molecule has 7 nitrogen and oxygen atoms in total. The molecule has 0 aliphatic heterocycles. The van der Waals surface area contributed by atoms with Crippen LogP contribution in [0.15, 0.2) is 40.8 Å². The maximum absolute atomic E-state index is 13.5. The van der Waals surface area contributed by atoms with E-state index in [-0.39, 0.29) is 5.56 Å². The van der Waals surface area contributed by atoms with Crippen molar-refractivity contribution in [3.63, 3.8) is 0 Å². The van der Waals surface area contributed by atoms with Crippen LogP contribution in [0.2, 0.25) is 0 Å². The molecule has 8 heteroatoms. The fourth-order valence-corrected chi connectivity index (χ4v) is 4.55. The number of rotatable bonds is 6. The smallest absolute Gasteiger partial charge is 0.261 e. The van der Waals surface area contributed by atoms with Gasteiger partial charge in [0.1, 0.15) is 18.0 Å². The predicted molar refractivity (Wildman–Crippen MR) is 138 cm³/mol. The van der Waals surface area contributed by atoms with Crippen LogP contribution in [0.5, 0.6) is 5.75 Å². The molecule has 0 bridgehead atoms. The Bertz CT molecular complexity index is 1460. The summed E-state index contributed by atoms with van der Waals surface area (Å²) in [6, 6.07) is 5.85. The van der Waals surface area contributed by atoms with Crippen LogP contribution in [0, 0.1) is 34.6 Å². The second-order valence-corrected chi connectivity index (χ2v) is 10.5. The molecular formula is C27H30N4O3S. The molecule has 1 N–H and O–H groups in total. The van der Waals surface area contributed by atoms with E-state index in [0.717, 1.165) is 28.1 Å². The molecule has 0 saturated carbocycles. The molecule has 35 heavy (non-hydrogen) atoms. The Labute approximate surface area is 209 Å². The van der Waals surface area contributed by atoms with E-state index in [1.165, 1.54) is 4.88 Å². The van der Waals surface area contributed by atoms with Crippen LogP contribution in [-0.4, -0.2) is 24.6 Å². The van der Waals surface area contributed by atoms with Gasteiger partial charge in [0.25, 0.3) is 5.56 Å². The molecule has 0 unspecified atom stereocenters. The maximum atomic E-state index is 13.5. The van der Waals surface area contributed by atoms with E-state index in [1.807, 2.05) is 32.9 Å². The summed E-state index contributed by atoms with van der Waals surface area (Å²) in [5.74, 6) is 0.898. The van der Waals surface area contributed by atoms with Gasteiger partial charge in [-0.25, -0.2) is 9.97 Å². The van der Waals surface area contributed by atoms with Gasteiger partial charge in [-0.2, -0.15) is 0 Å². The zero-order valence-electron chi connectivity index (χ0n) is 21.1. The number of hydrogen-bond acceptors (Lipinski definition) is 7. The molecule has 182 valence electrons. The predicted octanol–water partition coefficient (Wildman–Crippen LogP) is 5.10. The average Bonchev–Trinajstić information content (AvgIpc) is 3.21. The number of ether oxygens (including phenoxy) is 1. The largest absolute Gasteiger partial charge is 0.488 e. The first kappa shape index (κ1) is 24.8. The lowest BCUT2D eigenvalue weighted by Gasteiger charge is -2.19. The van der Waals surface area contributed by atoms with Gasteiger partial charge in [-0.3, -0.25) is 14.3 Å². The highest BCUT2D eigenvalue weighted by molar-refractivity contribution is 7.10. The summed E-state index contributed by atoms with van der Waals surface area (Å²) in [5.41, 5.74) is 4.70. The highest BCUT2D eigenvalue weighted by Crippen LogP contribution is 2.27. The molecule has 0 spiro atoms. The molecule has 0 aliphatic carbocycles. The van der Waals surface area contributed by atoms with E-state index < -0.39 is 5.60 Å². The van der Waals surface area contributed by atoms with Crippen molar-refractivity contribution in [2.75, 3.05) is 0 Å². The summed E-state index contributed by atoms with van der Waals surface area (Å²) in [4.78, 5) is 28.1. The second kappa shape index (κ2) is 9.36. The Balaban J connectivity index is 1.76. The molecule has 0 saturated heterocycles. The first-order valence-corrected chi connectivity index (χ1v) is 12.3. The van der Waals surface area contributed by atoms with E-state index in [2.05, 4.69) is 33.3 Å². The Morgan fingerprint density at radius 2 is 1.74 bits per heavy atom. The van der Waals surface area contributed by atoms with E-state index in [9.17, 15) is 9.90 Å². The Morgan fingerprint density at radius 1 is 1.03 bits per heavy atom. The Kier molecular flexibility index (Phi) is 6.62. The van der Waals surface area contributed by atoms with E-state index >= 15 is 0 Å². The molecule has 4 aromatic heterocycles. The van der Waals surface area contributed by atoms with Gasteiger partial charge in [-0.15, -0.1) is 11.3 Å². The summed E-state index contributed by atoms with van der Waals surface area (Å²) < 4.78 is 7.70. The molecule has 0 aliphatic rings. The normalized spacial score (nSPS) is 11.7. The van der Waals surface area contributed by atoms with Gasteiger partial charge in [0.15, 0.2) is 5.82 Å². The number of aromatic nitrogens is 4. The number of aliphatic hydroxyl groups is 1. The van der Waals surface area contributed by atoms with Gasteiger partial charge in [0.2, 0.25) is 0 Å². The summed E-state index contributed by atoms with van der Waals surface area (Å²) in [5, 5.41) is 12.4. The third kappa shape index (κ3) is 5.04. The standard InChI is InChI=1S/C27H30N4O3S/c1-15-11-28-21(24-16(2)12-29-26(30-24)27(6,7)33)10-22(15)31-17(3)8-23(19(5)25(31)32)34-13-20-9-18(4)35-14-20/h8-12,14,33H,13H2,1-7H3. The molecule has 0 radical (unpaired) electrons. The van der Waals surface area contributed by atoms with Crippen molar-refractivity contribution >= 4 is 11.3 Å². The third-order valence-corrected chi connectivity index (χ3v) is 6.75. The topological polar surface area (TPSA) is 90.1 Å². The SMILES string of the molecule is Cc1cc(COc2cc(C)n(-c3cc(-c4nc(C(C)(C)O)ncc4C)ncc3C)c(=O)c2C)cs1. The zero-order valence-corrected chi connectivity index (χ0v) is 21.9. The van der Waals surface area contributed by atoms with E-state index in [4.69, 9.17) is 4.74 Å². The lowest BCUT2D eigenvalue weighted by molar-refractivity contribution is 0.0688. The first-order chi connectivity index (χ1) is 16.5. The number of hydrogen-bond donors (Lipinski definition) is 1. The lowest BCUT2D eigenvalue weighted by Crippen LogP contribution is -2.24. The molecule has 0 fully saturated rings. The molecule has 4 rings (SSSR count). The summed E-state index contributed by atoms with van der Waals surface area (Å²) in [7, 11) is 0. The molecular weight excluding hydrogens is 460 g/mol. The minimum Gasteiger partial charge on any atom is -0.488 e. The fraction of sp³-hybridized carbons (Fsp3) is 0.333. The van der Waals surface area contributed by atoms with E-state index in [0.29, 0.717) is 35.1 Å². The Morgan fingerprint density at radius 3 is 2.40 bits per heavy atom. The van der Waals surface area contributed by atoms with Crippen LogP contribution < -0.4 is 10.3 Å². The molecule has 4 aromatic rings. The van der Waals surface area contributed by atoms with Gasteiger partial charge in [-0.05, 0) is 77.1 Å². The van der Waals surface area contributed by atoms with Crippen LogP contribution >= 0.6 is 11.3 Å². The third-order valence-electron chi connectivity index (χ3n) is 5.84. The van der Waals surface area contributed by atoms with Crippen molar-refractivity contribution in [1.82, 2.24) is 19.5 Å². The van der Waals surface area contributed by atoms with Crippen LogP contribution in [0.3, 0.4) is 0 Å². The average molecular weight is 491 g/mol.